The van der Waals surface area contributed by atoms with Gasteiger partial charge in [0.05, 0.1) is 19.1 Å². The Morgan fingerprint density at radius 3 is 2.36 bits per heavy atom. The monoisotopic (exact) mass is 384 g/mol. The fraction of sp³-hybridized carbons (Fsp3) is 0.286. The zero-order valence-corrected chi connectivity index (χ0v) is 15.8. The average molecular weight is 384 g/mol. The summed E-state index contributed by atoms with van der Waals surface area (Å²) in [6.45, 7) is 0.231. The van der Waals surface area contributed by atoms with E-state index in [9.17, 15) is 14.4 Å². The maximum atomic E-state index is 12.1. The molecule has 0 aliphatic heterocycles. The van der Waals surface area contributed by atoms with Crippen molar-refractivity contribution in [3.05, 3.63) is 65.7 Å². The van der Waals surface area contributed by atoms with Gasteiger partial charge in [-0.1, -0.05) is 42.5 Å². The zero-order valence-electron chi connectivity index (χ0n) is 15.8. The number of ether oxygens (including phenoxy) is 2. The number of methoxy groups -OCH3 is 1. The third-order valence-electron chi connectivity index (χ3n) is 3.91. The van der Waals surface area contributed by atoms with Crippen LogP contribution in [-0.2, 0) is 20.7 Å². The van der Waals surface area contributed by atoms with Crippen molar-refractivity contribution in [2.24, 2.45) is 0 Å². The minimum absolute atomic E-state index is 0.0296. The van der Waals surface area contributed by atoms with Gasteiger partial charge in [-0.15, -0.1) is 0 Å². The van der Waals surface area contributed by atoms with Crippen LogP contribution in [-0.4, -0.2) is 44.6 Å². The number of para-hydroxylation sites is 1. The van der Waals surface area contributed by atoms with Crippen molar-refractivity contribution < 1.29 is 23.9 Å². The number of esters is 1. The lowest BCUT2D eigenvalue weighted by atomic mass is 10.1. The molecule has 0 unspecified atom stereocenters. The van der Waals surface area contributed by atoms with Crippen LogP contribution in [0.15, 0.2) is 54.6 Å². The SMILES string of the molecule is COc1ccccc1C(=O)NCCC(=O)OCC(=O)NCCc1ccccc1. The topological polar surface area (TPSA) is 93.7 Å². The van der Waals surface area contributed by atoms with Crippen LogP contribution in [0.25, 0.3) is 0 Å². The van der Waals surface area contributed by atoms with Crippen molar-refractivity contribution in [3.63, 3.8) is 0 Å². The first-order valence-electron chi connectivity index (χ1n) is 8.97. The van der Waals surface area contributed by atoms with E-state index in [0.717, 1.165) is 5.56 Å². The van der Waals surface area contributed by atoms with Crippen LogP contribution in [0.4, 0.5) is 0 Å². The fourth-order valence-electron chi connectivity index (χ4n) is 2.47. The lowest BCUT2D eigenvalue weighted by molar-refractivity contribution is -0.148. The van der Waals surface area contributed by atoms with Crippen molar-refractivity contribution in [1.29, 1.82) is 0 Å². The van der Waals surface area contributed by atoms with Gasteiger partial charge < -0.3 is 20.1 Å². The van der Waals surface area contributed by atoms with Gasteiger partial charge in [-0.3, -0.25) is 14.4 Å². The second-order valence-electron chi connectivity index (χ2n) is 5.95. The molecule has 2 N–H and O–H groups in total. The smallest absolute Gasteiger partial charge is 0.308 e. The second kappa shape index (κ2) is 11.4. The Morgan fingerprint density at radius 2 is 1.61 bits per heavy atom. The van der Waals surface area contributed by atoms with Gasteiger partial charge in [0, 0.05) is 13.1 Å². The highest BCUT2D eigenvalue weighted by Crippen LogP contribution is 2.16. The Kier molecular flexibility index (Phi) is 8.52. The average Bonchev–Trinajstić information content (AvgIpc) is 2.73. The standard InChI is InChI=1S/C21H24N2O5/c1-27-18-10-6-5-9-17(18)21(26)23-14-12-20(25)28-15-19(24)22-13-11-16-7-3-2-4-8-16/h2-10H,11-15H2,1H3,(H,22,24)(H,23,26). The highest BCUT2D eigenvalue weighted by molar-refractivity contribution is 5.97. The van der Waals surface area contributed by atoms with Gasteiger partial charge >= 0.3 is 5.97 Å². The lowest BCUT2D eigenvalue weighted by Gasteiger charge is -2.09. The minimum Gasteiger partial charge on any atom is -0.496 e. The summed E-state index contributed by atoms with van der Waals surface area (Å²) in [5, 5.41) is 5.32. The predicted octanol–water partition coefficient (Wildman–Crippen LogP) is 1.72. The normalized spacial score (nSPS) is 10.0. The van der Waals surface area contributed by atoms with E-state index in [1.54, 1.807) is 24.3 Å². The first-order valence-corrected chi connectivity index (χ1v) is 8.97. The maximum absolute atomic E-state index is 12.1. The maximum Gasteiger partial charge on any atom is 0.308 e. The van der Waals surface area contributed by atoms with Crippen LogP contribution in [0.2, 0.25) is 0 Å². The van der Waals surface area contributed by atoms with Gasteiger partial charge in [-0.2, -0.15) is 0 Å². The summed E-state index contributed by atoms with van der Waals surface area (Å²) in [6, 6.07) is 16.6. The van der Waals surface area contributed by atoms with Gasteiger partial charge in [0.25, 0.3) is 11.8 Å². The van der Waals surface area contributed by atoms with E-state index in [-0.39, 0.29) is 31.4 Å². The quantitative estimate of drug-likeness (QED) is 0.609. The molecule has 0 heterocycles. The molecule has 0 bridgehead atoms. The number of carbonyl (C=O) groups is 3. The first kappa shape index (κ1) is 21.0. The Bertz CT molecular complexity index is 792. The predicted molar refractivity (Wildman–Crippen MR) is 104 cm³/mol. The van der Waals surface area contributed by atoms with E-state index in [1.165, 1.54) is 7.11 Å². The Hall–Kier alpha value is -3.35. The van der Waals surface area contributed by atoms with Crippen molar-refractivity contribution in [1.82, 2.24) is 10.6 Å². The molecule has 28 heavy (non-hydrogen) atoms. The molecular weight excluding hydrogens is 360 g/mol. The molecule has 0 radical (unpaired) electrons. The number of hydrogen-bond acceptors (Lipinski definition) is 5. The van der Waals surface area contributed by atoms with E-state index in [0.29, 0.717) is 24.3 Å². The van der Waals surface area contributed by atoms with Gasteiger partial charge in [-0.25, -0.2) is 0 Å². The molecule has 7 heteroatoms. The van der Waals surface area contributed by atoms with Crippen LogP contribution in [0, 0.1) is 0 Å². The molecular formula is C21H24N2O5. The molecule has 0 atom stereocenters. The van der Waals surface area contributed by atoms with Crippen LogP contribution < -0.4 is 15.4 Å². The van der Waals surface area contributed by atoms with Crippen molar-refractivity contribution in [2.75, 3.05) is 26.8 Å². The molecule has 2 aromatic rings. The van der Waals surface area contributed by atoms with Crippen molar-refractivity contribution >= 4 is 17.8 Å². The third kappa shape index (κ3) is 7.11. The molecule has 0 saturated heterocycles. The van der Waals surface area contributed by atoms with Crippen molar-refractivity contribution in [2.45, 2.75) is 12.8 Å². The molecule has 0 aliphatic carbocycles. The summed E-state index contributed by atoms with van der Waals surface area (Å²) in [6.07, 6.45) is 0.674. The zero-order chi connectivity index (χ0) is 20.2. The summed E-state index contributed by atoms with van der Waals surface area (Å²) in [4.78, 5) is 35.5. The summed E-state index contributed by atoms with van der Waals surface area (Å²) >= 11 is 0. The number of hydrogen-bond donors (Lipinski definition) is 2. The molecule has 7 nitrogen and oxygen atoms in total. The van der Waals surface area contributed by atoms with Gasteiger partial charge in [-0.05, 0) is 24.1 Å². The van der Waals surface area contributed by atoms with Crippen LogP contribution in [0.1, 0.15) is 22.3 Å². The first-order chi connectivity index (χ1) is 13.6. The van der Waals surface area contributed by atoms with Crippen LogP contribution >= 0.6 is 0 Å². The van der Waals surface area contributed by atoms with Crippen molar-refractivity contribution in [3.8, 4) is 5.75 Å². The third-order valence-corrected chi connectivity index (χ3v) is 3.91. The van der Waals surface area contributed by atoms with Crippen LogP contribution in [0.3, 0.4) is 0 Å². The number of nitrogens with one attached hydrogen (secondary N) is 2. The Morgan fingerprint density at radius 1 is 0.893 bits per heavy atom. The summed E-state index contributed by atoms with van der Waals surface area (Å²) in [7, 11) is 1.48. The molecule has 2 amide bonds. The number of carbonyl (C=O) groups excluding carboxylic acids is 3. The summed E-state index contributed by atoms with van der Waals surface area (Å²) in [5.41, 5.74) is 1.50. The molecule has 2 rings (SSSR count). The molecule has 0 fully saturated rings. The molecule has 0 aromatic heterocycles. The van der Waals surface area contributed by atoms with E-state index < -0.39 is 5.97 Å². The fourth-order valence-corrected chi connectivity index (χ4v) is 2.47. The largest absolute Gasteiger partial charge is 0.496 e. The highest BCUT2D eigenvalue weighted by atomic mass is 16.5. The molecule has 0 spiro atoms. The number of rotatable bonds is 10. The van der Waals surface area contributed by atoms with Crippen LogP contribution in [0.5, 0.6) is 5.75 Å². The molecule has 0 aliphatic rings. The lowest BCUT2D eigenvalue weighted by Crippen LogP contribution is -2.31. The van der Waals surface area contributed by atoms with E-state index in [4.69, 9.17) is 9.47 Å². The van der Waals surface area contributed by atoms with Gasteiger partial charge in [0.2, 0.25) is 0 Å². The summed E-state index contributed by atoms with van der Waals surface area (Å²) in [5.74, 6) is -0.806. The van der Waals surface area contributed by atoms with E-state index in [1.807, 2.05) is 30.3 Å². The van der Waals surface area contributed by atoms with E-state index >= 15 is 0 Å². The second-order valence-corrected chi connectivity index (χ2v) is 5.95. The van der Waals surface area contributed by atoms with E-state index in [2.05, 4.69) is 10.6 Å². The molecule has 0 saturated carbocycles. The van der Waals surface area contributed by atoms with Gasteiger partial charge in [0.15, 0.2) is 6.61 Å². The minimum atomic E-state index is -0.557. The van der Waals surface area contributed by atoms with Gasteiger partial charge in [0.1, 0.15) is 5.75 Å². The number of benzene rings is 2. The molecule has 2 aromatic carbocycles. The Labute approximate surface area is 164 Å². The summed E-state index contributed by atoms with van der Waals surface area (Å²) < 4.78 is 10.0. The number of amides is 2. The molecule has 148 valence electrons. The highest BCUT2D eigenvalue weighted by Gasteiger charge is 2.12. The Balaban J connectivity index is 1.60.